The first kappa shape index (κ1) is 21.3. The average Bonchev–Trinajstić information content (AvgIpc) is 3.04. The molecule has 2 aliphatic heterocycles. The Hall–Kier alpha value is -1.40. The molecule has 1 saturated heterocycles. The van der Waals surface area contributed by atoms with Crippen molar-refractivity contribution in [3.05, 3.63) is 35.6 Å². The summed E-state index contributed by atoms with van der Waals surface area (Å²) in [5, 5.41) is 21.1. The number of aliphatic imine (C=N–C) groups is 1. The van der Waals surface area contributed by atoms with Crippen LogP contribution in [0.1, 0.15) is 5.56 Å². The molecule has 6 unspecified atom stereocenters. The van der Waals surface area contributed by atoms with Gasteiger partial charge < -0.3 is 24.6 Å². The Kier molecular flexibility index (Phi) is 6.20. The molecule has 0 saturated carbocycles. The molecule has 2 N–H and O–H groups in total. The first-order chi connectivity index (χ1) is 13.1. The summed E-state index contributed by atoms with van der Waals surface area (Å²) in [4.78, 5) is 5.86. The Morgan fingerprint density at radius 1 is 1.21 bits per heavy atom. The van der Waals surface area contributed by atoms with E-state index in [0.717, 1.165) is 23.9 Å². The van der Waals surface area contributed by atoms with E-state index in [1.54, 1.807) is 19.0 Å². The number of amidine groups is 1. The van der Waals surface area contributed by atoms with Crippen molar-refractivity contribution >= 4 is 16.9 Å². The Morgan fingerprint density at radius 2 is 1.86 bits per heavy atom. The summed E-state index contributed by atoms with van der Waals surface area (Å²) in [5.41, 5.74) is -0.548. The van der Waals surface area contributed by atoms with Crippen molar-refractivity contribution in [3.8, 4) is 0 Å². The van der Waals surface area contributed by atoms with Crippen molar-refractivity contribution in [1.29, 1.82) is 0 Å². The van der Waals surface area contributed by atoms with Gasteiger partial charge >= 0.3 is 6.18 Å². The zero-order chi connectivity index (χ0) is 20.6. The van der Waals surface area contributed by atoms with Crippen LogP contribution in [0.2, 0.25) is 0 Å². The lowest BCUT2D eigenvalue weighted by molar-refractivity contribution is -0.286. The van der Waals surface area contributed by atoms with Crippen molar-refractivity contribution in [1.82, 2.24) is 4.90 Å². The van der Waals surface area contributed by atoms with E-state index in [2.05, 4.69) is 4.99 Å². The second-order valence-corrected chi connectivity index (χ2v) is 7.83. The third-order valence-electron chi connectivity index (χ3n) is 4.43. The second-order valence-electron chi connectivity index (χ2n) is 6.76. The van der Waals surface area contributed by atoms with E-state index in [0.29, 0.717) is 10.7 Å². The molecule has 6 atom stereocenters. The molecule has 6 nitrogen and oxygen atoms in total. The monoisotopic (exact) mass is 424 g/mol. The van der Waals surface area contributed by atoms with Crippen LogP contribution < -0.4 is 0 Å². The fourth-order valence-corrected chi connectivity index (χ4v) is 4.13. The second kappa shape index (κ2) is 8.15. The van der Waals surface area contributed by atoms with Crippen LogP contribution in [0.5, 0.6) is 0 Å². The van der Waals surface area contributed by atoms with Gasteiger partial charge in [-0.1, -0.05) is 23.9 Å². The van der Waals surface area contributed by atoms with Gasteiger partial charge in [0.2, 0.25) is 0 Å². The van der Waals surface area contributed by atoms with Gasteiger partial charge in [-0.15, -0.1) is 0 Å². The summed E-state index contributed by atoms with van der Waals surface area (Å²) in [5.74, 6) is -0.522. The van der Waals surface area contributed by atoms with E-state index in [9.17, 15) is 27.8 Å². The lowest BCUT2D eigenvalue weighted by atomic mass is 9.94. The number of benzene rings is 1. The van der Waals surface area contributed by atoms with Crippen molar-refractivity contribution in [2.75, 3.05) is 14.1 Å². The highest BCUT2D eigenvalue weighted by atomic mass is 32.2. The molecule has 156 valence electrons. The number of thioether (sulfide) groups is 1. The molecule has 1 aromatic rings. The van der Waals surface area contributed by atoms with Crippen molar-refractivity contribution in [3.63, 3.8) is 0 Å². The van der Waals surface area contributed by atoms with Crippen LogP contribution in [0, 0.1) is 5.82 Å². The van der Waals surface area contributed by atoms with Gasteiger partial charge in [0.15, 0.2) is 11.3 Å². The molecule has 2 aliphatic rings. The molecular formula is C17H20F4N2O4S. The molecule has 1 aromatic carbocycles. The highest BCUT2D eigenvalue weighted by molar-refractivity contribution is 8.14. The lowest BCUT2D eigenvalue weighted by Crippen LogP contribution is -2.61. The van der Waals surface area contributed by atoms with Gasteiger partial charge in [0.1, 0.15) is 35.6 Å². The van der Waals surface area contributed by atoms with Crippen LogP contribution in [0.4, 0.5) is 17.6 Å². The van der Waals surface area contributed by atoms with Crippen LogP contribution in [-0.4, -0.2) is 76.4 Å². The Morgan fingerprint density at radius 3 is 2.43 bits per heavy atom. The summed E-state index contributed by atoms with van der Waals surface area (Å²) >= 11 is 1.07. The topological polar surface area (TPSA) is 74.5 Å². The maximum Gasteiger partial charge on any atom is 0.417 e. The van der Waals surface area contributed by atoms with Crippen LogP contribution in [0.3, 0.4) is 0 Å². The smallest absolute Gasteiger partial charge is 0.388 e. The quantitative estimate of drug-likeness (QED) is 0.718. The maximum atomic E-state index is 13.6. The standard InChI is InChI=1S/C17H20F4N2O4S/c1-23(2)16-22-10-11(24)12(25)13(27-15(10)28-16)14(17(19,20)21)26-7-8-3-5-9(18)6-4-8/h3-6,10-15,24-25H,7H2,1-2H3. The van der Waals surface area contributed by atoms with Crippen LogP contribution in [0.25, 0.3) is 0 Å². The molecule has 0 spiro atoms. The van der Waals surface area contributed by atoms with E-state index in [1.807, 2.05) is 0 Å². The summed E-state index contributed by atoms with van der Waals surface area (Å²) in [7, 11) is 3.40. The van der Waals surface area contributed by atoms with Gasteiger partial charge in [-0.2, -0.15) is 13.2 Å². The van der Waals surface area contributed by atoms with Crippen molar-refractivity contribution < 1.29 is 37.2 Å². The van der Waals surface area contributed by atoms with E-state index < -0.39 is 54.5 Å². The number of fused-ring (bicyclic) bond motifs is 1. The highest BCUT2D eigenvalue weighted by Gasteiger charge is 2.57. The third-order valence-corrected chi connectivity index (χ3v) is 5.74. The minimum atomic E-state index is -4.85. The van der Waals surface area contributed by atoms with Crippen LogP contribution in [-0.2, 0) is 16.1 Å². The van der Waals surface area contributed by atoms with E-state index >= 15 is 0 Å². The van der Waals surface area contributed by atoms with Gasteiger partial charge in [-0.25, -0.2) is 4.39 Å². The van der Waals surface area contributed by atoms with Gasteiger partial charge in [-0.3, -0.25) is 4.99 Å². The van der Waals surface area contributed by atoms with Gasteiger partial charge in [0, 0.05) is 14.1 Å². The van der Waals surface area contributed by atoms with Crippen molar-refractivity contribution in [2.45, 2.75) is 48.7 Å². The zero-order valence-corrected chi connectivity index (χ0v) is 15.8. The number of aliphatic hydroxyl groups excluding tert-OH is 2. The van der Waals surface area contributed by atoms with Crippen molar-refractivity contribution in [2.24, 2.45) is 4.99 Å². The molecule has 0 bridgehead atoms. The number of halogens is 4. The predicted molar refractivity (Wildman–Crippen MR) is 94.2 cm³/mol. The van der Waals surface area contributed by atoms with E-state index in [-0.39, 0.29) is 0 Å². The molecule has 11 heteroatoms. The van der Waals surface area contributed by atoms with E-state index in [4.69, 9.17) is 9.47 Å². The fourth-order valence-electron chi connectivity index (χ4n) is 2.98. The first-order valence-corrected chi connectivity index (χ1v) is 9.32. The normalized spacial score (nSPS) is 31.3. The number of ether oxygens (including phenoxy) is 2. The van der Waals surface area contributed by atoms with Gasteiger partial charge in [0.25, 0.3) is 0 Å². The Labute approximate surface area is 163 Å². The Balaban J connectivity index is 1.76. The Bertz CT molecular complexity index is 716. The zero-order valence-electron chi connectivity index (χ0n) is 15.0. The minimum absolute atomic E-state index is 0.327. The van der Waals surface area contributed by atoms with Gasteiger partial charge in [0.05, 0.1) is 6.61 Å². The van der Waals surface area contributed by atoms with Crippen LogP contribution >= 0.6 is 11.8 Å². The third kappa shape index (κ3) is 4.43. The lowest BCUT2D eigenvalue weighted by Gasteiger charge is -2.41. The molecule has 3 rings (SSSR count). The summed E-state index contributed by atoms with van der Waals surface area (Å²) < 4.78 is 64.3. The SMILES string of the molecule is CN(C)C1=NC2C(OC(C(OCc3ccc(F)cc3)C(F)(F)F)C(O)C2O)S1. The number of rotatable bonds is 4. The number of aliphatic hydroxyl groups is 2. The molecule has 2 heterocycles. The number of hydrogen-bond acceptors (Lipinski definition) is 7. The number of nitrogens with zero attached hydrogens (tertiary/aromatic N) is 2. The molecule has 0 amide bonds. The summed E-state index contributed by atoms with van der Waals surface area (Å²) in [6, 6.07) is 3.94. The average molecular weight is 424 g/mol. The molecule has 0 aliphatic carbocycles. The molecule has 1 fully saturated rings. The summed E-state index contributed by atoms with van der Waals surface area (Å²) in [6.45, 7) is -0.464. The predicted octanol–water partition coefficient (Wildman–Crippen LogP) is 1.75. The summed E-state index contributed by atoms with van der Waals surface area (Å²) in [6.07, 6.45) is -12.5. The maximum absolute atomic E-state index is 13.6. The minimum Gasteiger partial charge on any atom is -0.388 e. The first-order valence-electron chi connectivity index (χ1n) is 8.44. The van der Waals surface area contributed by atoms with Gasteiger partial charge in [-0.05, 0) is 17.7 Å². The molecule has 0 aromatic heterocycles. The fraction of sp³-hybridized carbons (Fsp3) is 0.588. The molecular weight excluding hydrogens is 404 g/mol. The molecule has 28 heavy (non-hydrogen) atoms. The van der Waals surface area contributed by atoms with Crippen LogP contribution in [0.15, 0.2) is 29.3 Å². The van der Waals surface area contributed by atoms with E-state index in [1.165, 1.54) is 12.1 Å². The number of hydrogen-bond donors (Lipinski definition) is 2. The largest absolute Gasteiger partial charge is 0.417 e. The molecule has 0 radical (unpaired) electrons. The highest BCUT2D eigenvalue weighted by Crippen LogP contribution is 2.41. The number of alkyl halides is 3.